The Morgan fingerprint density at radius 1 is 1.42 bits per heavy atom. The minimum atomic E-state index is -4.05. The highest BCUT2D eigenvalue weighted by atomic mass is 35.5. The van der Waals surface area contributed by atoms with E-state index in [4.69, 9.17) is 11.6 Å². The van der Waals surface area contributed by atoms with Crippen LogP contribution in [0.15, 0.2) is 29.0 Å². The van der Waals surface area contributed by atoms with Crippen molar-refractivity contribution >= 4 is 23.5 Å². The molecule has 0 fully saturated rings. The van der Waals surface area contributed by atoms with Gasteiger partial charge >= 0.3 is 17.8 Å². The zero-order valence-corrected chi connectivity index (χ0v) is 9.79. The van der Waals surface area contributed by atoms with Gasteiger partial charge in [-0.05, 0) is 6.07 Å². The lowest BCUT2D eigenvalue weighted by molar-refractivity contribution is -0.141. The molecule has 1 aromatic carbocycles. The van der Waals surface area contributed by atoms with E-state index in [1.165, 1.54) is 0 Å². The molecule has 1 heterocycles. The predicted molar refractivity (Wildman–Crippen MR) is 58.2 cm³/mol. The third-order valence-corrected chi connectivity index (χ3v) is 2.54. The molecule has 9 heteroatoms. The Kier molecular flexibility index (Phi) is 3.43. The zero-order chi connectivity index (χ0) is 14.0. The van der Waals surface area contributed by atoms with Gasteiger partial charge in [0.15, 0.2) is 0 Å². The molecule has 19 heavy (non-hydrogen) atoms. The average molecular weight is 292 g/mol. The van der Waals surface area contributed by atoms with E-state index >= 15 is 0 Å². The van der Waals surface area contributed by atoms with Crippen LogP contribution in [0, 0.1) is 5.82 Å². The van der Waals surface area contributed by atoms with E-state index in [-0.39, 0.29) is 0 Å². The van der Waals surface area contributed by atoms with Gasteiger partial charge < -0.3 is 4.42 Å². The molecule has 0 radical (unpaired) electrons. The zero-order valence-electron chi connectivity index (χ0n) is 9.03. The van der Waals surface area contributed by atoms with Gasteiger partial charge in [-0.2, -0.15) is 8.78 Å². The molecule has 0 aliphatic rings. The van der Waals surface area contributed by atoms with Gasteiger partial charge in [0, 0.05) is 0 Å². The largest absolute Gasteiger partial charge is 0.411 e. The Balaban J connectivity index is 2.31. The van der Waals surface area contributed by atoms with Gasteiger partial charge in [-0.1, -0.05) is 28.8 Å². The van der Waals surface area contributed by atoms with Crippen LogP contribution in [0.2, 0.25) is 5.02 Å². The lowest BCUT2D eigenvalue weighted by atomic mass is 10.1. The Morgan fingerprint density at radius 3 is 2.79 bits per heavy atom. The number of hydrogen-bond acceptors (Lipinski definition) is 4. The number of benzene rings is 1. The molecule has 1 aromatic heterocycles. The summed E-state index contributed by atoms with van der Waals surface area (Å²) in [4.78, 5) is 11.4. The average Bonchev–Trinajstić information content (AvgIpc) is 2.85. The molecule has 1 amide bonds. The number of nitrogens with one attached hydrogen (secondary N) is 1. The molecule has 0 bridgehead atoms. The second kappa shape index (κ2) is 4.88. The van der Waals surface area contributed by atoms with Crippen molar-refractivity contribution in [2.75, 3.05) is 5.32 Å². The van der Waals surface area contributed by atoms with E-state index in [0.29, 0.717) is 0 Å². The summed E-state index contributed by atoms with van der Waals surface area (Å²) in [5.41, 5.74) is -0.953. The number of rotatable bonds is 3. The standard InChI is InChI=1S/C10H5ClF3N3O2/c11-7-5(2-1-3-6(7)12)10(13,14)8(18)16-9-17-15-4-19-9/h1-4H,(H,16,17,18). The van der Waals surface area contributed by atoms with Gasteiger partial charge in [-0.15, -0.1) is 5.10 Å². The molecule has 0 spiro atoms. The quantitative estimate of drug-likeness (QED) is 0.944. The molecular formula is C10H5ClF3N3O2. The fourth-order valence-corrected chi connectivity index (χ4v) is 1.52. The first kappa shape index (κ1) is 13.3. The van der Waals surface area contributed by atoms with Crippen molar-refractivity contribution in [3.05, 3.63) is 41.0 Å². The Bertz CT molecular complexity index is 604. The first-order valence-corrected chi connectivity index (χ1v) is 5.20. The maximum Gasteiger partial charge on any atom is 0.351 e. The molecule has 1 N–H and O–H groups in total. The van der Waals surface area contributed by atoms with Crippen molar-refractivity contribution in [2.24, 2.45) is 0 Å². The smallest absolute Gasteiger partial charge is 0.351 e. The molecule has 5 nitrogen and oxygen atoms in total. The number of anilines is 1. The van der Waals surface area contributed by atoms with Crippen molar-refractivity contribution in [2.45, 2.75) is 5.92 Å². The summed E-state index contributed by atoms with van der Waals surface area (Å²) < 4.78 is 45.3. The van der Waals surface area contributed by atoms with Crippen LogP contribution in [0.1, 0.15) is 5.56 Å². The van der Waals surface area contributed by atoms with Crippen LogP contribution >= 0.6 is 11.6 Å². The highest BCUT2D eigenvalue weighted by Crippen LogP contribution is 2.35. The first-order chi connectivity index (χ1) is 8.93. The number of halogens is 4. The number of nitrogens with zero attached hydrogens (tertiary/aromatic N) is 2. The van der Waals surface area contributed by atoms with Crippen molar-refractivity contribution in [3.63, 3.8) is 0 Å². The van der Waals surface area contributed by atoms with Crippen LogP contribution in [-0.2, 0) is 10.7 Å². The predicted octanol–water partition coefficient (Wildman–Crippen LogP) is 2.59. The summed E-state index contributed by atoms with van der Waals surface area (Å²) in [6, 6.07) is 2.26. The van der Waals surface area contributed by atoms with Crippen molar-refractivity contribution < 1.29 is 22.4 Å². The first-order valence-electron chi connectivity index (χ1n) is 4.83. The summed E-state index contributed by atoms with van der Waals surface area (Å²) in [5, 5.41) is 7.29. The van der Waals surface area contributed by atoms with E-state index in [1.807, 2.05) is 0 Å². The summed E-state index contributed by atoms with van der Waals surface area (Å²) in [6.07, 6.45) is 0.850. The summed E-state index contributed by atoms with van der Waals surface area (Å²) in [7, 11) is 0. The third kappa shape index (κ3) is 2.53. The summed E-state index contributed by atoms with van der Waals surface area (Å²) in [6.45, 7) is 0. The van der Waals surface area contributed by atoms with Crippen molar-refractivity contribution in [1.29, 1.82) is 0 Å². The minimum absolute atomic E-state index is 0.503. The molecule has 2 rings (SSSR count). The molecule has 0 aliphatic carbocycles. The Hall–Kier alpha value is -2.09. The highest BCUT2D eigenvalue weighted by Gasteiger charge is 2.43. The second-order valence-electron chi connectivity index (χ2n) is 3.37. The third-order valence-electron chi connectivity index (χ3n) is 2.16. The van der Waals surface area contributed by atoms with E-state index in [9.17, 15) is 18.0 Å². The summed E-state index contributed by atoms with van der Waals surface area (Å²) in [5.74, 6) is -6.86. The van der Waals surface area contributed by atoms with Gasteiger partial charge in [-0.3, -0.25) is 10.1 Å². The van der Waals surface area contributed by atoms with Gasteiger partial charge in [0.1, 0.15) is 5.82 Å². The topological polar surface area (TPSA) is 68.0 Å². The van der Waals surface area contributed by atoms with E-state index in [1.54, 1.807) is 5.32 Å². The van der Waals surface area contributed by atoms with Crippen molar-refractivity contribution in [1.82, 2.24) is 10.2 Å². The minimum Gasteiger partial charge on any atom is -0.411 e. The Labute approximate surface area is 109 Å². The van der Waals surface area contributed by atoms with Crippen LogP contribution in [0.3, 0.4) is 0 Å². The lowest BCUT2D eigenvalue weighted by Gasteiger charge is -2.16. The van der Waals surface area contributed by atoms with Gasteiger partial charge in [0.05, 0.1) is 10.6 Å². The van der Waals surface area contributed by atoms with E-state index in [2.05, 4.69) is 14.6 Å². The lowest BCUT2D eigenvalue weighted by Crippen LogP contribution is -2.32. The molecule has 0 unspecified atom stereocenters. The van der Waals surface area contributed by atoms with Crippen LogP contribution in [0.25, 0.3) is 0 Å². The summed E-state index contributed by atoms with van der Waals surface area (Å²) >= 11 is 5.42. The normalized spacial score (nSPS) is 11.4. The monoisotopic (exact) mass is 291 g/mol. The molecular weight excluding hydrogens is 287 g/mol. The number of amides is 1. The molecule has 0 aliphatic heterocycles. The van der Waals surface area contributed by atoms with Crippen LogP contribution in [-0.4, -0.2) is 16.1 Å². The number of alkyl halides is 2. The molecule has 2 aromatic rings. The maximum absolute atomic E-state index is 13.8. The number of hydrogen-bond donors (Lipinski definition) is 1. The number of carbonyl (C=O) groups is 1. The Morgan fingerprint density at radius 2 is 2.16 bits per heavy atom. The van der Waals surface area contributed by atoms with E-state index in [0.717, 1.165) is 24.6 Å². The van der Waals surface area contributed by atoms with Crippen LogP contribution < -0.4 is 5.32 Å². The number of carbonyl (C=O) groups excluding carboxylic acids is 1. The molecule has 100 valence electrons. The van der Waals surface area contributed by atoms with Crippen LogP contribution in [0.4, 0.5) is 19.2 Å². The SMILES string of the molecule is O=C(Nc1nnco1)C(F)(F)c1cccc(F)c1Cl. The van der Waals surface area contributed by atoms with E-state index < -0.39 is 34.2 Å². The molecule has 0 atom stereocenters. The van der Waals surface area contributed by atoms with Gasteiger partial charge in [0.2, 0.25) is 6.39 Å². The molecule has 0 saturated heterocycles. The highest BCUT2D eigenvalue weighted by molar-refractivity contribution is 6.32. The second-order valence-corrected chi connectivity index (χ2v) is 3.75. The van der Waals surface area contributed by atoms with Crippen LogP contribution in [0.5, 0.6) is 0 Å². The number of aromatic nitrogens is 2. The fourth-order valence-electron chi connectivity index (χ4n) is 1.27. The van der Waals surface area contributed by atoms with Gasteiger partial charge in [-0.25, -0.2) is 4.39 Å². The van der Waals surface area contributed by atoms with Gasteiger partial charge in [0.25, 0.3) is 0 Å². The molecule has 0 saturated carbocycles. The maximum atomic E-state index is 13.8. The fraction of sp³-hybridized carbons (Fsp3) is 0.100. The van der Waals surface area contributed by atoms with Crippen molar-refractivity contribution in [3.8, 4) is 0 Å².